The van der Waals surface area contributed by atoms with Gasteiger partial charge in [0.05, 0.1) is 6.10 Å². The van der Waals surface area contributed by atoms with Crippen molar-refractivity contribution in [2.24, 2.45) is 5.92 Å². The molecule has 0 aliphatic heterocycles. The fourth-order valence-corrected chi connectivity index (χ4v) is 3.11. The molecule has 1 aliphatic rings. The molecule has 0 radical (unpaired) electrons. The predicted molar refractivity (Wildman–Crippen MR) is 58.4 cm³/mol. The highest BCUT2D eigenvalue weighted by Crippen LogP contribution is 2.27. The van der Waals surface area contributed by atoms with Crippen molar-refractivity contribution < 1.29 is 17.7 Å². The number of hydrogen-bond donors (Lipinski definition) is 1. The maximum absolute atomic E-state index is 10.8. The summed E-state index contributed by atoms with van der Waals surface area (Å²) in [7, 11) is -2.41. The van der Waals surface area contributed by atoms with E-state index in [2.05, 4.69) is 0 Å². The fourth-order valence-electron chi connectivity index (χ4n) is 2.29. The first kappa shape index (κ1) is 12.9. The van der Waals surface area contributed by atoms with Gasteiger partial charge in [0.25, 0.3) is 10.1 Å². The van der Waals surface area contributed by atoms with Crippen LogP contribution in [0, 0.1) is 5.92 Å². The van der Waals surface area contributed by atoms with E-state index >= 15 is 0 Å². The number of rotatable bonds is 4. The van der Waals surface area contributed by atoms with Crippen LogP contribution in [0.1, 0.15) is 38.5 Å². The van der Waals surface area contributed by atoms with E-state index < -0.39 is 10.1 Å². The highest BCUT2D eigenvalue weighted by atomic mass is 32.2. The molecule has 0 amide bonds. The summed E-state index contributed by atoms with van der Waals surface area (Å²) in [6, 6.07) is 0. The molecule has 1 fully saturated rings. The summed E-state index contributed by atoms with van der Waals surface area (Å²) in [4.78, 5) is 0. The summed E-state index contributed by atoms with van der Waals surface area (Å²) in [5.41, 5.74) is 0. The molecule has 0 aromatic rings. The molecule has 1 saturated carbocycles. The lowest BCUT2D eigenvalue weighted by molar-refractivity contribution is 0.0616. The molecule has 1 atom stereocenters. The van der Waals surface area contributed by atoms with Gasteiger partial charge in [0, 0.05) is 7.11 Å². The number of methoxy groups -OCH3 is 1. The Morgan fingerprint density at radius 3 is 2.20 bits per heavy atom. The van der Waals surface area contributed by atoms with Crippen LogP contribution in [0.3, 0.4) is 0 Å². The van der Waals surface area contributed by atoms with Gasteiger partial charge in [0.1, 0.15) is 5.75 Å². The molecule has 4 nitrogen and oxygen atoms in total. The maximum atomic E-state index is 10.8. The van der Waals surface area contributed by atoms with Gasteiger partial charge in [-0.2, -0.15) is 8.42 Å². The van der Waals surface area contributed by atoms with E-state index in [9.17, 15) is 8.42 Å². The van der Waals surface area contributed by atoms with Crippen molar-refractivity contribution in [1.29, 1.82) is 0 Å². The van der Waals surface area contributed by atoms with Crippen molar-refractivity contribution in [1.82, 2.24) is 0 Å². The summed E-state index contributed by atoms with van der Waals surface area (Å²) in [6.45, 7) is 0. The normalized spacial score (nSPS) is 22.3. The molecule has 0 bridgehead atoms. The topological polar surface area (TPSA) is 63.6 Å². The van der Waals surface area contributed by atoms with Crippen LogP contribution in [0.15, 0.2) is 0 Å². The van der Waals surface area contributed by atoms with E-state index in [-0.39, 0.29) is 17.8 Å². The van der Waals surface area contributed by atoms with Crippen LogP contribution in [0.4, 0.5) is 0 Å². The van der Waals surface area contributed by atoms with Crippen LogP contribution in [-0.4, -0.2) is 31.9 Å². The Kier molecular flexibility index (Phi) is 5.02. The van der Waals surface area contributed by atoms with Crippen LogP contribution in [0.25, 0.3) is 0 Å². The fraction of sp³-hybridized carbons (Fsp3) is 1.00. The van der Waals surface area contributed by atoms with Crippen LogP contribution in [0.2, 0.25) is 0 Å². The first-order valence-electron chi connectivity index (χ1n) is 5.51. The number of hydrogen-bond acceptors (Lipinski definition) is 3. The molecule has 15 heavy (non-hydrogen) atoms. The highest BCUT2D eigenvalue weighted by molar-refractivity contribution is 7.85. The lowest BCUT2D eigenvalue weighted by Gasteiger charge is -2.23. The Morgan fingerprint density at radius 1 is 1.27 bits per heavy atom. The van der Waals surface area contributed by atoms with Crippen LogP contribution < -0.4 is 0 Å². The van der Waals surface area contributed by atoms with Crippen LogP contribution in [0.5, 0.6) is 0 Å². The summed E-state index contributed by atoms with van der Waals surface area (Å²) in [6.07, 6.45) is 6.38. The van der Waals surface area contributed by atoms with Gasteiger partial charge in [-0.3, -0.25) is 4.55 Å². The predicted octanol–water partition coefficient (Wildman–Crippen LogP) is 1.86. The largest absolute Gasteiger partial charge is 0.380 e. The molecule has 0 aromatic heterocycles. The molecule has 5 heteroatoms. The zero-order valence-electron chi connectivity index (χ0n) is 9.18. The average molecular weight is 236 g/mol. The summed E-state index contributed by atoms with van der Waals surface area (Å²) in [5, 5.41) is 0. The zero-order valence-corrected chi connectivity index (χ0v) is 10.0. The maximum Gasteiger partial charge on any atom is 0.267 e. The second-order valence-electron chi connectivity index (χ2n) is 4.27. The molecule has 1 rings (SSSR count). The first-order valence-corrected chi connectivity index (χ1v) is 7.12. The van der Waals surface area contributed by atoms with Crippen LogP contribution >= 0.6 is 0 Å². The van der Waals surface area contributed by atoms with Crippen molar-refractivity contribution >= 4 is 10.1 Å². The molecular weight excluding hydrogens is 216 g/mol. The molecule has 90 valence electrons. The van der Waals surface area contributed by atoms with E-state index in [1.807, 2.05) is 0 Å². The zero-order chi connectivity index (χ0) is 11.3. The van der Waals surface area contributed by atoms with Gasteiger partial charge in [0.2, 0.25) is 0 Å². The molecule has 1 N–H and O–H groups in total. The van der Waals surface area contributed by atoms with Crippen molar-refractivity contribution in [3.63, 3.8) is 0 Å². The minimum Gasteiger partial charge on any atom is -0.380 e. The van der Waals surface area contributed by atoms with Gasteiger partial charge in [-0.1, -0.05) is 25.7 Å². The van der Waals surface area contributed by atoms with Crippen molar-refractivity contribution in [2.45, 2.75) is 44.6 Å². The third kappa shape index (κ3) is 4.95. The third-order valence-corrected chi connectivity index (χ3v) is 3.85. The molecule has 0 spiro atoms. The van der Waals surface area contributed by atoms with E-state index in [1.165, 1.54) is 20.0 Å². The molecule has 1 unspecified atom stereocenters. The average Bonchev–Trinajstić information content (AvgIpc) is 2.40. The highest BCUT2D eigenvalue weighted by Gasteiger charge is 2.26. The standard InChI is InChI=1S/C10H20O4S/c1-14-10(8-15(11,12)13)9-6-4-2-3-5-7-9/h9-10H,2-8H2,1H3,(H,11,12,13). The van der Waals surface area contributed by atoms with E-state index in [0.29, 0.717) is 0 Å². The Labute approximate surface area is 91.8 Å². The molecule has 0 heterocycles. The van der Waals surface area contributed by atoms with Gasteiger partial charge in [0.15, 0.2) is 0 Å². The first-order chi connectivity index (χ1) is 7.03. The molecule has 1 aliphatic carbocycles. The minimum absolute atomic E-state index is 0.270. The van der Waals surface area contributed by atoms with Gasteiger partial charge >= 0.3 is 0 Å². The lowest BCUT2D eigenvalue weighted by Crippen LogP contribution is -2.30. The lowest BCUT2D eigenvalue weighted by atomic mass is 9.95. The van der Waals surface area contributed by atoms with Gasteiger partial charge < -0.3 is 4.74 Å². The van der Waals surface area contributed by atoms with Crippen molar-refractivity contribution in [3.8, 4) is 0 Å². The van der Waals surface area contributed by atoms with Crippen molar-refractivity contribution in [3.05, 3.63) is 0 Å². The summed E-state index contributed by atoms with van der Waals surface area (Å²) < 4.78 is 35.6. The third-order valence-electron chi connectivity index (χ3n) is 3.10. The summed E-state index contributed by atoms with van der Waals surface area (Å²) in [5.74, 6) is 0.00757. The summed E-state index contributed by atoms with van der Waals surface area (Å²) >= 11 is 0. The van der Waals surface area contributed by atoms with Gasteiger partial charge in [-0.25, -0.2) is 0 Å². The second kappa shape index (κ2) is 5.82. The Bertz CT molecular complexity index is 265. The van der Waals surface area contributed by atoms with E-state index in [4.69, 9.17) is 9.29 Å². The van der Waals surface area contributed by atoms with E-state index in [0.717, 1.165) is 25.7 Å². The minimum atomic E-state index is -3.92. The molecule has 0 aromatic carbocycles. The van der Waals surface area contributed by atoms with E-state index in [1.54, 1.807) is 0 Å². The Morgan fingerprint density at radius 2 is 1.80 bits per heavy atom. The smallest absolute Gasteiger partial charge is 0.267 e. The monoisotopic (exact) mass is 236 g/mol. The second-order valence-corrected chi connectivity index (χ2v) is 5.77. The quantitative estimate of drug-likeness (QED) is 0.597. The number of ether oxygens (including phenoxy) is 1. The SMILES string of the molecule is COC(CS(=O)(=O)O)C1CCCCCC1. The van der Waals surface area contributed by atoms with Crippen molar-refractivity contribution in [2.75, 3.05) is 12.9 Å². The van der Waals surface area contributed by atoms with Crippen LogP contribution in [-0.2, 0) is 14.9 Å². The van der Waals surface area contributed by atoms with Gasteiger partial charge in [-0.15, -0.1) is 0 Å². The Hall–Kier alpha value is -0.130. The van der Waals surface area contributed by atoms with Gasteiger partial charge in [-0.05, 0) is 18.8 Å². The molecular formula is C10H20O4S. The molecule has 0 saturated heterocycles. The Balaban J connectivity index is 2.55.